The predicted molar refractivity (Wildman–Crippen MR) is 130 cm³/mol. The van der Waals surface area contributed by atoms with Crippen molar-refractivity contribution in [2.75, 3.05) is 6.61 Å². The number of fused-ring (bicyclic) bond motifs is 5. The molecule has 0 radical (unpaired) electrons. The largest absolute Gasteiger partial charge is 0.490 e. The minimum atomic E-state index is -0.559. The van der Waals surface area contributed by atoms with Crippen molar-refractivity contribution in [3.05, 3.63) is 74.3 Å². The molecule has 35 heavy (non-hydrogen) atoms. The molecule has 1 saturated heterocycles. The Balaban J connectivity index is 1.41. The van der Waals surface area contributed by atoms with Gasteiger partial charge in [-0.15, -0.1) is 0 Å². The highest BCUT2D eigenvalue weighted by atomic mass is 79.9. The number of carbonyl (C=O) groups excluding carboxylic acids is 2. The van der Waals surface area contributed by atoms with E-state index in [9.17, 15) is 19.7 Å². The van der Waals surface area contributed by atoms with Gasteiger partial charge in [0.2, 0.25) is 5.75 Å². The number of benzene rings is 2. The lowest BCUT2D eigenvalue weighted by molar-refractivity contribution is -0.386. The zero-order valence-corrected chi connectivity index (χ0v) is 20.4. The van der Waals surface area contributed by atoms with Crippen LogP contribution in [0.25, 0.3) is 0 Å². The highest BCUT2D eigenvalue weighted by molar-refractivity contribution is 9.10. The van der Waals surface area contributed by atoms with Crippen molar-refractivity contribution in [1.29, 1.82) is 0 Å². The van der Waals surface area contributed by atoms with E-state index in [1.165, 1.54) is 12.3 Å². The molecule has 0 N–H and O–H groups in total. The summed E-state index contributed by atoms with van der Waals surface area (Å²) in [6.45, 7) is 2.12. The van der Waals surface area contributed by atoms with Crippen molar-refractivity contribution in [3.8, 4) is 11.5 Å². The molecule has 0 aromatic heterocycles. The number of hydrogen-bond acceptors (Lipinski definition) is 7. The molecule has 180 valence electrons. The zero-order chi connectivity index (χ0) is 24.7. The summed E-state index contributed by atoms with van der Waals surface area (Å²) in [4.78, 5) is 37.0. The van der Waals surface area contributed by atoms with Gasteiger partial charge in [0.1, 0.15) is 6.61 Å². The molecule has 2 fully saturated rings. The third kappa shape index (κ3) is 4.22. The molecule has 1 heterocycles. The first-order valence-corrected chi connectivity index (χ1v) is 12.1. The lowest BCUT2D eigenvalue weighted by Gasteiger charge is -2.14. The molecule has 3 aliphatic rings. The van der Waals surface area contributed by atoms with Gasteiger partial charge in [0.05, 0.1) is 29.6 Å². The summed E-state index contributed by atoms with van der Waals surface area (Å²) in [6.07, 6.45) is 6.13. The van der Waals surface area contributed by atoms with E-state index in [1.54, 1.807) is 13.0 Å². The van der Waals surface area contributed by atoms with Gasteiger partial charge in [0.15, 0.2) is 5.75 Å². The highest BCUT2D eigenvalue weighted by Crippen LogP contribution is 2.52. The molecule has 0 spiro atoms. The summed E-state index contributed by atoms with van der Waals surface area (Å²) in [5, 5.41) is 16.9. The van der Waals surface area contributed by atoms with Crippen molar-refractivity contribution in [2.24, 2.45) is 28.8 Å². The van der Waals surface area contributed by atoms with Crippen molar-refractivity contribution >= 4 is 39.6 Å². The smallest absolute Gasteiger partial charge is 0.315 e. The predicted octanol–water partition coefficient (Wildman–Crippen LogP) is 4.48. The number of nitrogens with zero attached hydrogens (tertiary/aromatic N) is 3. The number of imide groups is 1. The summed E-state index contributed by atoms with van der Waals surface area (Å²) in [5.74, 6) is -1.02. The van der Waals surface area contributed by atoms with Gasteiger partial charge in [-0.25, -0.2) is 0 Å². The third-order valence-electron chi connectivity index (χ3n) is 6.62. The molecular formula is C25H22BrN3O6. The zero-order valence-electron chi connectivity index (χ0n) is 18.8. The number of hydrogen-bond donors (Lipinski definition) is 0. The number of ether oxygens (including phenoxy) is 2. The molecular weight excluding hydrogens is 518 g/mol. The highest BCUT2D eigenvalue weighted by Gasteiger charge is 2.59. The Morgan fingerprint density at radius 3 is 2.37 bits per heavy atom. The van der Waals surface area contributed by atoms with E-state index in [-0.39, 0.29) is 65.9 Å². The first kappa shape index (κ1) is 23.2. The molecule has 1 aliphatic heterocycles. The summed E-state index contributed by atoms with van der Waals surface area (Å²) in [7, 11) is 0. The van der Waals surface area contributed by atoms with Crippen LogP contribution in [0.5, 0.6) is 11.5 Å². The van der Waals surface area contributed by atoms with Gasteiger partial charge in [-0.3, -0.25) is 19.7 Å². The van der Waals surface area contributed by atoms with Crippen LogP contribution in [0.1, 0.15) is 24.5 Å². The van der Waals surface area contributed by atoms with Crippen LogP contribution in [0.15, 0.2) is 58.1 Å². The molecule has 0 unspecified atom stereocenters. The lowest BCUT2D eigenvalue weighted by atomic mass is 9.85. The minimum absolute atomic E-state index is 0.00225. The van der Waals surface area contributed by atoms with E-state index in [0.29, 0.717) is 5.56 Å². The maximum absolute atomic E-state index is 12.8. The van der Waals surface area contributed by atoms with Crippen LogP contribution in [0.2, 0.25) is 0 Å². The Morgan fingerprint density at radius 1 is 1.11 bits per heavy atom. The minimum Gasteiger partial charge on any atom is -0.490 e. The van der Waals surface area contributed by atoms with Crippen LogP contribution in [-0.4, -0.2) is 34.6 Å². The van der Waals surface area contributed by atoms with Crippen LogP contribution in [-0.2, 0) is 16.2 Å². The van der Waals surface area contributed by atoms with Gasteiger partial charge in [-0.2, -0.15) is 10.1 Å². The Bertz CT molecular complexity index is 1230. The molecule has 5 rings (SSSR count). The second-order valence-corrected chi connectivity index (χ2v) is 9.62. The van der Waals surface area contributed by atoms with Crippen molar-refractivity contribution in [1.82, 2.24) is 5.01 Å². The standard InChI is InChI=1S/C25H22BrN3O6/c1-2-34-20-10-15(9-19(29(32)33)23(20)35-13-14-3-7-18(26)8-4-14)12-27-28-24(30)21-16-5-6-17(11-16)22(21)25(28)31/h3-10,12,16-17,21-22H,2,11,13H2,1H3/t16-,17-,21-,22+/m0/s1. The molecule has 1 saturated carbocycles. The normalized spacial score (nSPS) is 24.5. The molecule has 10 heteroatoms. The number of nitro groups is 1. The second kappa shape index (κ2) is 9.26. The Morgan fingerprint density at radius 2 is 1.77 bits per heavy atom. The Hall–Kier alpha value is -3.53. The van der Waals surface area contributed by atoms with E-state index in [0.717, 1.165) is 21.5 Å². The van der Waals surface area contributed by atoms with Crippen LogP contribution in [0, 0.1) is 33.8 Å². The fraction of sp³-hybridized carbons (Fsp3) is 0.320. The van der Waals surface area contributed by atoms with Crippen molar-refractivity contribution in [2.45, 2.75) is 20.0 Å². The molecule has 9 nitrogen and oxygen atoms in total. The maximum Gasteiger partial charge on any atom is 0.315 e. The Labute approximate surface area is 209 Å². The van der Waals surface area contributed by atoms with E-state index in [2.05, 4.69) is 21.0 Å². The molecule has 2 amide bonds. The number of rotatable bonds is 8. The van der Waals surface area contributed by atoms with Gasteiger partial charge in [-0.1, -0.05) is 40.2 Å². The topological polar surface area (TPSA) is 111 Å². The average Bonchev–Trinajstić information content (AvgIpc) is 3.52. The van der Waals surface area contributed by atoms with Gasteiger partial charge in [-0.05, 0) is 48.9 Å². The average molecular weight is 540 g/mol. The summed E-state index contributed by atoms with van der Waals surface area (Å²) < 4.78 is 12.3. The lowest BCUT2D eigenvalue weighted by Crippen LogP contribution is -2.28. The summed E-state index contributed by atoms with van der Waals surface area (Å²) >= 11 is 3.37. The van der Waals surface area contributed by atoms with Gasteiger partial charge in [0, 0.05) is 16.1 Å². The maximum atomic E-state index is 12.8. The van der Waals surface area contributed by atoms with E-state index >= 15 is 0 Å². The quantitative estimate of drug-likeness (QED) is 0.161. The Kier molecular flexibility index (Phi) is 6.14. The van der Waals surface area contributed by atoms with Gasteiger partial charge >= 0.3 is 5.69 Å². The van der Waals surface area contributed by atoms with E-state index in [1.807, 2.05) is 36.4 Å². The van der Waals surface area contributed by atoms with Crippen molar-refractivity contribution < 1.29 is 24.0 Å². The fourth-order valence-electron chi connectivity index (χ4n) is 5.09. The van der Waals surface area contributed by atoms with Gasteiger partial charge in [0.25, 0.3) is 11.8 Å². The van der Waals surface area contributed by atoms with E-state index < -0.39 is 4.92 Å². The first-order chi connectivity index (χ1) is 16.9. The molecule has 2 aromatic rings. The third-order valence-corrected chi connectivity index (χ3v) is 7.15. The fourth-order valence-corrected chi connectivity index (χ4v) is 5.35. The monoisotopic (exact) mass is 539 g/mol. The molecule has 2 aliphatic carbocycles. The number of amides is 2. The second-order valence-electron chi connectivity index (χ2n) is 8.71. The SMILES string of the molecule is CCOc1cc(C=NN2C(=O)[C@@H]3[C@H](C2=O)[C@H]2C=C[C@H]3C2)cc([N+](=O)[O-])c1OCc1ccc(Br)cc1. The van der Waals surface area contributed by atoms with Crippen LogP contribution < -0.4 is 9.47 Å². The number of nitro benzene ring substituents is 1. The molecule has 2 aromatic carbocycles. The number of halogens is 1. The molecule has 4 atom stereocenters. The summed E-state index contributed by atoms with van der Waals surface area (Å²) in [6, 6.07) is 10.2. The number of hydrazone groups is 1. The van der Waals surface area contributed by atoms with Crippen molar-refractivity contribution in [3.63, 3.8) is 0 Å². The summed E-state index contributed by atoms with van der Waals surface area (Å²) in [5.41, 5.74) is 0.846. The number of allylic oxidation sites excluding steroid dienone is 2. The van der Waals surface area contributed by atoms with Crippen LogP contribution in [0.4, 0.5) is 5.69 Å². The van der Waals surface area contributed by atoms with Gasteiger partial charge < -0.3 is 9.47 Å². The molecule has 2 bridgehead atoms. The van der Waals surface area contributed by atoms with Crippen LogP contribution >= 0.6 is 15.9 Å². The number of carbonyl (C=O) groups is 2. The first-order valence-electron chi connectivity index (χ1n) is 11.3. The van der Waals surface area contributed by atoms with Crippen LogP contribution in [0.3, 0.4) is 0 Å². The van der Waals surface area contributed by atoms with E-state index in [4.69, 9.17) is 9.47 Å².